The van der Waals surface area contributed by atoms with E-state index in [9.17, 15) is 13.2 Å². The number of rotatable bonds is 6. The van der Waals surface area contributed by atoms with E-state index in [2.05, 4.69) is 9.64 Å². The second kappa shape index (κ2) is 7.76. The summed E-state index contributed by atoms with van der Waals surface area (Å²) >= 11 is 0. The van der Waals surface area contributed by atoms with Crippen molar-refractivity contribution in [2.45, 2.75) is 11.3 Å². The van der Waals surface area contributed by atoms with Crippen molar-refractivity contribution in [2.24, 2.45) is 0 Å². The Hall–Kier alpha value is -1.64. The molecule has 0 amide bonds. The van der Waals surface area contributed by atoms with Crippen molar-refractivity contribution in [2.75, 3.05) is 46.9 Å². The van der Waals surface area contributed by atoms with Crippen LogP contribution in [0.1, 0.15) is 6.42 Å². The third kappa shape index (κ3) is 4.43. The van der Waals surface area contributed by atoms with E-state index in [4.69, 9.17) is 4.74 Å². The van der Waals surface area contributed by atoms with Crippen LogP contribution in [0.5, 0.6) is 5.75 Å². The number of hydrogen-bond acceptors (Lipinski definition) is 6. The van der Waals surface area contributed by atoms with Crippen LogP contribution in [0.25, 0.3) is 0 Å². The lowest BCUT2D eigenvalue weighted by atomic mass is 10.3. The van der Waals surface area contributed by atoms with Crippen LogP contribution >= 0.6 is 0 Å². The van der Waals surface area contributed by atoms with Gasteiger partial charge in [-0.15, -0.1) is 0 Å². The fraction of sp³-hybridized carbons (Fsp3) is 0.533. The molecule has 0 saturated carbocycles. The van der Waals surface area contributed by atoms with Crippen molar-refractivity contribution < 1.29 is 22.7 Å². The summed E-state index contributed by atoms with van der Waals surface area (Å²) in [4.78, 5) is 13.5. The van der Waals surface area contributed by atoms with Crippen molar-refractivity contribution in [3.05, 3.63) is 24.3 Å². The molecule has 0 unspecified atom stereocenters. The van der Waals surface area contributed by atoms with Gasteiger partial charge in [-0.1, -0.05) is 0 Å². The first-order valence-corrected chi connectivity index (χ1v) is 8.85. The summed E-state index contributed by atoms with van der Waals surface area (Å²) in [5.41, 5.74) is 0. The van der Waals surface area contributed by atoms with Gasteiger partial charge in [-0.05, 0) is 24.3 Å². The highest BCUT2D eigenvalue weighted by molar-refractivity contribution is 7.89. The lowest BCUT2D eigenvalue weighted by Gasteiger charge is -2.33. The first kappa shape index (κ1) is 17.7. The third-order valence-corrected chi connectivity index (χ3v) is 5.80. The molecular weight excluding hydrogens is 320 g/mol. The van der Waals surface area contributed by atoms with Crippen molar-refractivity contribution >= 4 is 16.0 Å². The Labute approximate surface area is 136 Å². The van der Waals surface area contributed by atoms with Gasteiger partial charge in [0.05, 0.1) is 25.5 Å². The smallest absolute Gasteiger partial charge is 0.306 e. The fourth-order valence-corrected chi connectivity index (χ4v) is 3.86. The zero-order valence-electron chi connectivity index (χ0n) is 13.4. The van der Waals surface area contributed by atoms with Crippen LogP contribution in [-0.2, 0) is 19.6 Å². The normalized spacial score (nSPS) is 17.0. The van der Waals surface area contributed by atoms with Gasteiger partial charge < -0.3 is 14.4 Å². The summed E-state index contributed by atoms with van der Waals surface area (Å²) in [7, 11) is -0.585. The molecule has 1 heterocycles. The molecule has 8 heteroatoms. The average Bonchev–Trinajstić information content (AvgIpc) is 2.60. The molecular formula is C15H22N2O5S. The molecule has 0 radical (unpaired) electrons. The molecule has 23 heavy (non-hydrogen) atoms. The monoisotopic (exact) mass is 342 g/mol. The fourth-order valence-electron chi connectivity index (χ4n) is 2.44. The molecule has 1 aromatic rings. The maximum atomic E-state index is 12.6. The minimum absolute atomic E-state index is 0.252. The van der Waals surface area contributed by atoms with Crippen LogP contribution in [0, 0.1) is 0 Å². The predicted molar refractivity (Wildman–Crippen MR) is 84.8 cm³/mol. The van der Waals surface area contributed by atoms with Gasteiger partial charge in [-0.3, -0.25) is 4.79 Å². The van der Waals surface area contributed by atoms with E-state index in [-0.39, 0.29) is 10.9 Å². The number of piperazine rings is 1. The molecule has 0 aliphatic carbocycles. The van der Waals surface area contributed by atoms with Crippen LogP contribution in [0.2, 0.25) is 0 Å². The highest BCUT2D eigenvalue weighted by Gasteiger charge is 2.28. The molecule has 0 aromatic heterocycles. The molecule has 2 rings (SSSR count). The molecule has 1 aromatic carbocycles. The number of methoxy groups -OCH3 is 2. The number of ether oxygens (including phenoxy) is 2. The zero-order valence-corrected chi connectivity index (χ0v) is 14.2. The predicted octanol–water partition coefficient (Wildman–Crippen LogP) is 0.565. The number of sulfonamides is 1. The van der Waals surface area contributed by atoms with E-state index in [1.165, 1.54) is 18.5 Å². The van der Waals surface area contributed by atoms with Gasteiger partial charge in [0.15, 0.2) is 0 Å². The first-order valence-electron chi connectivity index (χ1n) is 7.40. The summed E-state index contributed by atoms with van der Waals surface area (Å²) in [6.45, 7) is 2.62. The van der Waals surface area contributed by atoms with Crippen molar-refractivity contribution in [3.63, 3.8) is 0 Å². The molecule has 1 aliphatic heterocycles. The lowest BCUT2D eigenvalue weighted by molar-refractivity contribution is -0.141. The van der Waals surface area contributed by atoms with Crippen LogP contribution in [0.15, 0.2) is 29.2 Å². The summed E-state index contributed by atoms with van der Waals surface area (Å²) < 4.78 is 36.3. The van der Waals surface area contributed by atoms with Crippen LogP contribution in [-0.4, -0.2) is 70.5 Å². The molecule has 128 valence electrons. The molecule has 1 fully saturated rings. The number of nitrogens with zero attached hydrogens (tertiary/aromatic N) is 2. The van der Waals surface area contributed by atoms with Gasteiger partial charge in [0, 0.05) is 32.7 Å². The SMILES string of the molecule is COC(=O)CCN1CCN(S(=O)(=O)c2ccc(OC)cc2)CC1. The van der Waals surface area contributed by atoms with Crippen LogP contribution < -0.4 is 4.74 Å². The number of benzene rings is 1. The van der Waals surface area contributed by atoms with Crippen molar-refractivity contribution in [1.82, 2.24) is 9.21 Å². The van der Waals surface area contributed by atoms with Gasteiger partial charge in [0.1, 0.15) is 5.75 Å². The lowest BCUT2D eigenvalue weighted by Crippen LogP contribution is -2.48. The van der Waals surface area contributed by atoms with E-state index >= 15 is 0 Å². The second-order valence-corrected chi connectivity index (χ2v) is 7.19. The number of carbonyl (C=O) groups excluding carboxylic acids is 1. The Bertz CT molecular complexity index is 622. The largest absolute Gasteiger partial charge is 0.497 e. The van der Waals surface area contributed by atoms with Crippen molar-refractivity contribution in [3.8, 4) is 5.75 Å². The number of carbonyl (C=O) groups is 1. The molecule has 1 aliphatic rings. The van der Waals surface area contributed by atoms with E-state index in [1.807, 2.05) is 0 Å². The Morgan fingerprint density at radius 2 is 1.70 bits per heavy atom. The Morgan fingerprint density at radius 3 is 2.22 bits per heavy atom. The zero-order chi connectivity index (χ0) is 16.9. The van der Waals surface area contributed by atoms with E-state index in [1.54, 1.807) is 24.3 Å². The summed E-state index contributed by atoms with van der Waals surface area (Å²) in [5.74, 6) is 0.370. The molecule has 0 atom stereocenters. The van der Waals surface area contributed by atoms with Gasteiger partial charge in [0.25, 0.3) is 0 Å². The molecule has 1 saturated heterocycles. The van der Waals surface area contributed by atoms with Crippen LogP contribution in [0.3, 0.4) is 0 Å². The number of hydrogen-bond donors (Lipinski definition) is 0. The highest BCUT2D eigenvalue weighted by Crippen LogP contribution is 2.20. The minimum atomic E-state index is -3.49. The van der Waals surface area contributed by atoms with Crippen molar-refractivity contribution in [1.29, 1.82) is 0 Å². The molecule has 7 nitrogen and oxygen atoms in total. The second-order valence-electron chi connectivity index (χ2n) is 5.25. The quantitative estimate of drug-likeness (QED) is 0.704. The van der Waals surface area contributed by atoms with E-state index in [0.717, 1.165) is 0 Å². The Kier molecular flexibility index (Phi) is 5.97. The number of esters is 1. The van der Waals surface area contributed by atoms with Gasteiger partial charge in [-0.2, -0.15) is 4.31 Å². The Morgan fingerprint density at radius 1 is 1.09 bits per heavy atom. The summed E-state index contributed by atoms with van der Waals surface area (Å²) in [6, 6.07) is 6.38. The maximum Gasteiger partial charge on any atom is 0.306 e. The molecule has 0 N–H and O–H groups in total. The van der Waals surface area contributed by atoms with E-state index in [0.29, 0.717) is 44.9 Å². The third-order valence-electron chi connectivity index (χ3n) is 3.89. The van der Waals surface area contributed by atoms with Gasteiger partial charge in [0.2, 0.25) is 10.0 Å². The standard InChI is InChI=1S/C15H22N2O5S/c1-21-13-3-5-14(6-4-13)23(19,20)17-11-9-16(10-12-17)8-7-15(18)22-2/h3-6H,7-12H2,1-2H3. The molecule has 0 spiro atoms. The van der Waals surface area contributed by atoms with E-state index < -0.39 is 10.0 Å². The maximum absolute atomic E-state index is 12.6. The van der Waals surface area contributed by atoms with Crippen LogP contribution in [0.4, 0.5) is 0 Å². The highest BCUT2D eigenvalue weighted by atomic mass is 32.2. The molecule has 0 bridgehead atoms. The average molecular weight is 342 g/mol. The topological polar surface area (TPSA) is 76.2 Å². The minimum Gasteiger partial charge on any atom is -0.497 e. The Balaban J connectivity index is 1.94. The van der Waals surface area contributed by atoms with Gasteiger partial charge in [-0.25, -0.2) is 8.42 Å². The van der Waals surface area contributed by atoms with Gasteiger partial charge >= 0.3 is 5.97 Å². The summed E-state index contributed by atoms with van der Waals surface area (Å²) in [6.07, 6.45) is 0.321. The summed E-state index contributed by atoms with van der Waals surface area (Å²) in [5, 5.41) is 0. The first-order chi connectivity index (χ1) is 11.0.